The first-order chi connectivity index (χ1) is 13.5. The SMILES string of the molecule is COc1ccc(/C=N\NC(=O)[C@H]2CC(=O)N(c3ccc(Cl)cc3)C2)c(OC)c1. The molecule has 2 amide bonds. The Morgan fingerprint density at radius 1 is 1.21 bits per heavy atom. The second kappa shape index (κ2) is 8.75. The second-order valence-electron chi connectivity index (χ2n) is 6.22. The molecule has 1 heterocycles. The summed E-state index contributed by atoms with van der Waals surface area (Å²) in [4.78, 5) is 26.2. The van der Waals surface area contributed by atoms with Crippen LogP contribution in [0.15, 0.2) is 47.6 Å². The number of nitrogens with zero attached hydrogens (tertiary/aromatic N) is 2. The fourth-order valence-electron chi connectivity index (χ4n) is 2.94. The largest absolute Gasteiger partial charge is 0.497 e. The molecule has 146 valence electrons. The summed E-state index contributed by atoms with van der Waals surface area (Å²) in [6, 6.07) is 12.2. The number of hydrogen-bond acceptors (Lipinski definition) is 5. The van der Waals surface area contributed by atoms with E-state index in [4.69, 9.17) is 21.1 Å². The van der Waals surface area contributed by atoms with E-state index in [1.165, 1.54) is 6.21 Å². The van der Waals surface area contributed by atoms with Crippen molar-refractivity contribution in [3.8, 4) is 11.5 Å². The molecule has 1 N–H and O–H groups in total. The van der Waals surface area contributed by atoms with Gasteiger partial charge in [0.25, 0.3) is 0 Å². The van der Waals surface area contributed by atoms with Crippen molar-refractivity contribution in [3.63, 3.8) is 0 Å². The summed E-state index contributed by atoms with van der Waals surface area (Å²) >= 11 is 5.88. The van der Waals surface area contributed by atoms with Gasteiger partial charge in [-0.05, 0) is 36.4 Å². The maximum Gasteiger partial charge on any atom is 0.245 e. The van der Waals surface area contributed by atoms with E-state index in [2.05, 4.69) is 10.5 Å². The van der Waals surface area contributed by atoms with E-state index in [9.17, 15) is 9.59 Å². The first-order valence-electron chi connectivity index (χ1n) is 8.62. The summed E-state index contributed by atoms with van der Waals surface area (Å²) in [6.07, 6.45) is 1.62. The van der Waals surface area contributed by atoms with Gasteiger partial charge in [0, 0.05) is 35.3 Å². The van der Waals surface area contributed by atoms with Crippen LogP contribution in [0, 0.1) is 5.92 Å². The number of hydrazone groups is 1. The number of methoxy groups -OCH3 is 2. The topological polar surface area (TPSA) is 80.2 Å². The van der Waals surface area contributed by atoms with Crippen molar-refractivity contribution in [1.82, 2.24) is 5.43 Å². The third-order valence-electron chi connectivity index (χ3n) is 4.45. The second-order valence-corrected chi connectivity index (χ2v) is 6.66. The van der Waals surface area contributed by atoms with E-state index in [0.29, 0.717) is 28.6 Å². The predicted octanol–water partition coefficient (Wildman–Crippen LogP) is 2.86. The third kappa shape index (κ3) is 4.43. The lowest BCUT2D eigenvalue weighted by molar-refractivity contribution is -0.126. The molecule has 0 bridgehead atoms. The molecular weight excluding hydrogens is 382 g/mol. The van der Waals surface area contributed by atoms with E-state index < -0.39 is 5.92 Å². The Morgan fingerprint density at radius 3 is 2.64 bits per heavy atom. The van der Waals surface area contributed by atoms with Crippen LogP contribution in [0.4, 0.5) is 5.69 Å². The molecule has 2 aromatic rings. The molecule has 0 aliphatic carbocycles. The molecule has 7 nitrogen and oxygen atoms in total. The maximum absolute atomic E-state index is 12.4. The molecule has 1 aliphatic rings. The standard InChI is InChI=1S/C20H20ClN3O4/c1-27-17-8-3-13(18(10-17)28-2)11-22-23-20(26)14-9-19(25)24(12-14)16-6-4-15(21)5-7-16/h3-8,10-11,14H,9,12H2,1-2H3,(H,23,26)/b22-11-/t14-/m0/s1. The lowest BCUT2D eigenvalue weighted by atomic mass is 10.1. The molecule has 8 heteroatoms. The summed E-state index contributed by atoms with van der Waals surface area (Å²) in [7, 11) is 3.11. The predicted molar refractivity (Wildman–Crippen MR) is 107 cm³/mol. The van der Waals surface area contributed by atoms with Crippen molar-refractivity contribution in [2.75, 3.05) is 25.7 Å². The lowest BCUT2D eigenvalue weighted by Crippen LogP contribution is -2.30. The molecule has 0 aromatic heterocycles. The number of carbonyl (C=O) groups is 2. The molecule has 2 aromatic carbocycles. The van der Waals surface area contributed by atoms with Crippen LogP contribution in [-0.4, -0.2) is 38.8 Å². The zero-order valence-corrected chi connectivity index (χ0v) is 16.3. The number of anilines is 1. The zero-order valence-electron chi connectivity index (χ0n) is 15.5. The minimum absolute atomic E-state index is 0.108. The van der Waals surface area contributed by atoms with Crippen molar-refractivity contribution in [3.05, 3.63) is 53.1 Å². The molecule has 0 spiro atoms. The first-order valence-corrected chi connectivity index (χ1v) is 9.00. The van der Waals surface area contributed by atoms with Crippen LogP contribution >= 0.6 is 11.6 Å². The molecule has 0 unspecified atom stereocenters. The number of halogens is 1. The Labute approximate surface area is 167 Å². The minimum Gasteiger partial charge on any atom is -0.497 e. The Balaban J connectivity index is 1.62. The van der Waals surface area contributed by atoms with Crippen LogP contribution in [0.3, 0.4) is 0 Å². The van der Waals surface area contributed by atoms with E-state index in [1.807, 2.05) is 0 Å². The van der Waals surface area contributed by atoms with Crippen molar-refractivity contribution < 1.29 is 19.1 Å². The Morgan fingerprint density at radius 2 is 1.96 bits per heavy atom. The average Bonchev–Trinajstić information content (AvgIpc) is 3.10. The van der Waals surface area contributed by atoms with Crippen LogP contribution in [0.2, 0.25) is 5.02 Å². The molecule has 1 fully saturated rings. The monoisotopic (exact) mass is 401 g/mol. The van der Waals surface area contributed by atoms with Gasteiger partial charge in [-0.2, -0.15) is 5.10 Å². The highest BCUT2D eigenvalue weighted by Crippen LogP contribution is 2.26. The number of rotatable bonds is 6. The summed E-state index contributed by atoms with van der Waals surface area (Å²) in [5.41, 5.74) is 3.91. The van der Waals surface area contributed by atoms with Crippen molar-refractivity contribution in [1.29, 1.82) is 0 Å². The van der Waals surface area contributed by atoms with Gasteiger partial charge in [0.05, 0.1) is 26.4 Å². The van der Waals surface area contributed by atoms with E-state index in [1.54, 1.807) is 61.6 Å². The Hall–Kier alpha value is -3.06. The van der Waals surface area contributed by atoms with E-state index >= 15 is 0 Å². The first kappa shape index (κ1) is 19.7. The molecule has 1 atom stereocenters. The van der Waals surface area contributed by atoms with E-state index in [0.717, 1.165) is 5.69 Å². The fraction of sp³-hybridized carbons (Fsp3) is 0.250. The Kier molecular flexibility index (Phi) is 6.16. The van der Waals surface area contributed by atoms with Gasteiger partial charge in [-0.25, -0.2) is 5.43 Å². The van der Waals surface area contributed by atoms with E-state index in [-0.39, 0.29) is 18.2 Å². The molecule has 28 heavy (non-hydrogen) atoms. The lowest BCUT2D eigenvalue weighted by Gasteiger charge is -2.16. The molecular formula is C20H20ClN3O4. The van der Waals surface area contributed by atoms with Gasteiger partial charge in [-0.1, -0.05) is 11.6 Å². The highest BCUT2D eigenvalue weighted by Gasteiger charge is 2.35. The molecule has 0 radical (unpaired) electrons. The van der Waals surface area contributed by atoms with Crippen LogP contribution in [0.25, 0.3) is 0 Å². The summed E-state index contributed by atoms with van der Waals surface area (Å²) in [5, 5.41) is 4.58. The van der Waals surface area contributed by atoms with Gasteiger partial charge in [0.2, 0.25) is 11.8 Å². The summed E-state index contributed by atoms with van der Waals surface area (Å²) in [6.45, 7) is 0.299. The molecule has 3 rings (SSSR count). The number of amides is 2. The smallest absolute Gasteiger partial charge is 0.245 e. The summed E-state index contributed by atoms with van der Waals surface area (Å²) < 4.78 is 10.4. The number of ether oxygens (including phenoxy) is 2. The van der Waals surface area contributed by atoms with Crippen LogP contribution in [0.5, 0.6) is 11.5 Å². The van der Waals surface area contributed by atoms with Gasteiger partial charge >= 0.3 is 0 Å². The van der Waals surface area contributed by atoms with Crippen molar-refractivity contribution >= 4 is 35.3 Å². The van der Waals surface area contributed by atoms with Gasteiger partial charge in [0.15, 0.2) is 0 Å². The van der Waals surface area contributed by atoms with Crippen LogP contribution < -0.4 is 19.8 Å². The van der Waals surface area contributed by atoms with Crippen molar-refractivity contribution in [2.24, 2.45) is 11.0 Å². The summed E-state index contributed by atoms with van der Waals surface area (Å²) in [5.74, 6) is 0.335. The van der Waals surface area contributed by atoms with Crippen molar-refractivity contribution in [2.45, 2.75) is 6.42 Å². The maximum atomic E-state index is 12.4. The molecule has 1 saturated heterocycles. The van der Waals surface area contributed by atoms with Gasteiger partial charge < -0.3 is 14.4 Å². The average molecular weight is 402 g/mol. The fourth-order valence-corrected chi connectivity index (χ4v) is 3.06. The molecule has 1 aliphatic heterocycles. The quantitative estimate of drug-likeness (QED) is 0.596. The number of benzene rings is 2. The van der Waals surface area contributed by atoms with Gasteiger partial charge in [0.1, 0.15) is 11.5 Å². The minimum atomic E-state index is -0.474. The normalized spacial score (nSPS) is 16.5. The zero-order chi connectivity index (χ0) is 20.1. The van der Waals surface area contributed by atoms with Gasteiger partial charge in [-0.3, -0.25) is 9.59 Å². The van der Waals surface area contributed by atoms with Crippen LogP contribution in [-0.2, 0) is 9.59 Å². The van der Waals surface area contributed by atoms with Gasteiger partial charge in [-0.15, -0.1) is 0 Å². The third-order valence-corrected chi connectivity index (χ3v) is 4.71. The molecule has 0 saturated carbocycles. The highest BCUT2D eigenvalue weighted by molar-refractivity contribution is 6.30. The number of hydrogen-bond donors (Lipinski definition) is 1. The number of nitrogens with one attached hydrogen (secondary N) is 1. The number of carbonyl (C=O) groups excluding carboxylic acids is 2. The van der Waals surface area contributed by atoms with Crippen LogP contribution in [0.1, 0.15) is 12.0 Å². The highest BCUT2D eigenvalue weighted by atomic mass is 35.5. The Bertz CT molecular complexity index is 899.